The van der Waals surface area contributed by atoms with E-state index in [2.05, 4.69) is 39.6 Å². The molecule has 1 heterocycles. The van der Waals surface area contributed by atoms with Gasteiger partial charge in [-0.15, -0.1) is 0 Å². The van der Waals surface area contributed by atoms with Gasteiger partial charge in [-0.2, -0.15) is 0 Å². The molecule has 188 valence electrons. The Hall–Kier alpha value is -3.32. The number of benzene rings is 2. The summed E-state index contributed by atoms with van der Waals surface area (Å²) in [4.78, 5) is 19.8. The Morgan fingerprint density at radius 2 is 1.71 bits per heavy atom. The zero-order valence-corrected chi connectivity index (χ0v) is 21.1. The molecule has 0 saturated carbocycles. The average molecular weight is 480 g/mol. The summed E-state index contributed by atoms with van der Waals surface area (Å²) in [6, 6.07) is 18.3. The molecule has 3 N–H and O–H groups in total. The summed E-state index contributed by atoms with van der Waals surface area (Å²) < 4.78 is 11.2. The zero-order valence-electron chi connectivity index (χ0n) is 21.1. The van der Waals surface area contributed by atoms with Gasteiger partial charge < -0.3 is 24.9 Å². The number of nitrogens with one attached hydrogen (secondary N) is 2. The first-order valence-electron chi connectivity index (χ1n) is 12.1. The average Bonchev–Trinajstić information content (AvgIpc) is 3.32. The Morgan fingerprint density at radius 3 is 2.37 bits per heavy atom. The van der Waals surface area contributed by atoms with Crippen molar-refractivity contribution in [3.05, 3.63) is 72.2 Å². The number of carbonyl (C=O) groups excluding carboxylic acids is 1. The molecule has 0 aliphatic carbocycles. The van der Waals surface area contributed by atoms with E-state index in [9.17, 15) is 9.90 Å². The van der Waals surface area contributed by atoms with Crippen LogP contribution in [0, 0.1) is 0 Å². The molecule has 7 nitrogen and oxygen atoms in total. The molecule has 3 rings (SSSR count). The van der Waals surface area contributed by atoms with Gasteiger partial charge in [0.2, 0.25) is 0 Å². The van der Waals surface area contributed by atoms with Crippen LogP contribution >= 0.6 is 0 Å². The van der Waals surface area contributed by atoms with Crippen LogP contribution in [-0.2, 0) is 16.7 Å². The minimum Gasteiger partial charge on any atom is -0.494 e. The van der Waals surface area contributed by atoms with Gasteiger partial charge in [0.25, 0.3) is 0 Å². The van der Waals surface area contributed by atoms with Crippen LogP contribution in [0.25, 0.3) is 11.3 Å². The van der Waals surface area contributed by atoms with E-state index in [1.54, 1.807) is 33.9 Å². The number of ether oxygens (including phenoxy) is 2. The van der Waals surface area contributed by atoms with Crippen LogP contribution in [-0.4, -0.2) is 40.0 Å². The van der Waals surface area contributed by atoms with Gasteiger partial charge in [0, 0.05) is 0 Å². The summed E-state index contributed by atoms with van der Waals surface area (Å²) >= 11 is 0. The minimum atomic E-state index is -1.11. The highest BCUT2D eigenvalue weighted by Crippen LogP contribution is 2.25. The van der Waals surface area contributed by atoms with Gasteiger partial charge in [-0.05, 0) is 88.8 Å². The molecule has 3 aromatic rings. The molecule has 0 bridgehead atoms. The molecule has 0 aliphatic heterocycles. The summed E-state index contributed by atoms with van der Waals surface area (Å²) in [6.07, 6.45) is 5.47. The number of carbonyl (C=O) groups is 1. The maximum absolute atomic E-state index is 12.2. The van der Waals surface area contributed by atoms with Crippen LogP contribution in [0.4, 0.5) is 4.79 Å². The topological polar surface area (TPSA) is 96.5 Å². The maximum Gasteiger partial charge on any atom is 0.408 e. The molecule has 1 amide bonds. The van der Waals surface area contributed by atoms with Crippen LogP contribution in [0.1, 0.15) is 58.3 Å². The molecule has 7 heteroatoms. The Balaban J connectivity index is 1.49. The number of rotatable bonds is 11. The van der Waals surface area contributed by atoms with Crippen molar-refractivity contribution >= 4 is 6.09 Å². The zero-order chi connectivity index (χ0) is 25.3. The molecule has 35 heavy (non-hydrogen) atoms. The van der Waals surface area contributed by atoms with Crippen LogP contribution in [0.2, 0.25) is 0 Å². The van der Waals surface area contributed by atoms with Crippen LogP contribution in [0.3, 0.4) is 0 Å². The third-order valence-electron chi connectivity index (χ3n) is 5.58. The largest absolute Gasteiger partial charge is 0.494 e. The SMILES string of the molecule is CC(C)(C)OC(=O)N[C@@](C)(CO)c1ncc(-c2ccc(OCCCCCc3ccccc3)cc2)[nH]1. The summed E-state index contributed by atoms with van der Waals surface area (Å²) in [5.74, 6) is 1.26. The fourth-order valence-corrected chi connectivity index (χ4v) is 3.62. The first-order chi connectivity index (χ1) is 16.7. The van der Waals surface area contributed by atoms with E-state index in [1.165, 1.54) is 5.56 Å². The van der Waals surface area contributed by atoms with Crippen molar-refractivity contribution in [2.45, 2.75) is 64.5 Å². The number of hydrogen-bond donors (Lipinski definition) is 3. The lowest BCUT2D eigenvalue weighted by molar-refractivity contribution is 0.0403. The normalized spacial score (nSPS) is 13.2. The van der Waals surface area contributed by atoms with E-state index < -0.39 is 17.2 Å². The fraction of sp³-hybridized carbons (Fsp3) is 0.429. The highest BCUT2D eigenvalue weighted by Gasteiger charge is 2.33. The van der Waals surface area contributed by atoms with Crippen molar-refractivity contribution < 1.29 is 19.4 Å². The first-order valence-corrected chi connectivity index (χ1v) is 12.1. The number of aliphatic hydroxyl groups excluding tert-OH is 1. The van der Waals surface area contributed by atoms with Gasteiger partial charge in [-0.25, -0.2) is 9.78 Å². The third kappa shape index (κ3) is 8.14. The van der Waals surface area contributed by atoms with E-state index in [-0.39, 0.29) is 6.61 Å². The van der Waals surface area contributed by atoms with Gasteiger partial charge in [0.1, 0.15) is 22.7 Å². The van der Waals surface area contributed by atoms with Crippen LogP contribution in [0.15, 0.2) is 60.8 Å². The summed E-state index contributed by atoms with van der Waals surface area (Å²) in [6.45, 7) is 7.40. The highest BCUT2D eigenvalue weighted by atomic mass is 16.6. The molecular weight excluding hydrogens is 442 g/mol. The Morgan fingerprint density at radius 1 is 1.00 bits per heavy atom. The third-order valence-corrected chi connectivity index (χ3v) is 5.58. The van der Waals surface area contributed by atoms with E-state index in [1.807, 2.05) is 30.3 Å². The molecule has 2 aromatic carbocycles. The molecule has 0 spiro atoms. The first kappa shape index (κ1) is 26.3. The lowest BCUT2D eigenvalue weighted by Gasteiger charge is -2.28. The van der Waals surface area contributed by atoms with Crippen molar-refractivity contribution in [1.29, 1.82) is 0 Å². The number of H-pyrrole nitrogens is 1. The van der Waals surface area contributed by atoms with E-state index in [0.29, 0.717) is 12.4 Å². The van der Waals surface area contributed by atoms with Crippen molar-refractivity contribution in [3.63, 3.8) is 0 Å². The van der Waals surface area contributed by atoms with Gasteiger partial charge in [-0.3, -0.25) is 0 Å². The molecule has 0 unspecified atom stereocenters. The molecule has 0 fully saturated rings. The number of aromatic nitrogens is 2. The summed E-state index contributed by atoms with van der Waals surface area (Å²) in [5, 5.41) is 12.7. The Kier molecular flexibility index (Phi) is 8.93. The molecule has 0 aliphatic rings. The number of aryl methyl sites for hydroxylation is 1. The Labute approximate surface area is 207 Å². The summed E-state index contributed by atoms with van der Waals surface area (Å²) in [7, 11) is 0. The molecule has 0 saturated heterocycles. The van der Waals surface area contributed by atoms with Crippen LogP contribution in [0.5, 0.6) is 5.75 Å². The van der Waals surface area contributed by atoms with Crippen molar-refractivity contribution in [2.75, 3.05) is 13.2 Å². The quantitative estimate of drug-likeness (QED) is 0.311. The number of unbranched alkanes of at least 4 members (excludes halogenated alkanes) is 2. The van der Waals surface area contributed by atoms with Gasteiger partial charge in [0.15, 0.2) is 0 Å². The van der Waals surface area contributed by atoms with Crippen molar-refractivity contribution in [1.82, 2.24) is 15.3 Å². The molecule has 1 aromatic heterocycles. The fourth-order valence-electron chi connectivity index (χ4n) is 3.62. The van der Waals surface area contributed by atoms with Gasteiger partial charge in [-0.1, -0.05) is 30.3 Å². The standard InChI is InChI=1S/C28H37N3O4/c1-27(2,3)35-26(33)31-28(4,20-32)25-29-19-24(30-25)22-14-16-23(17-15-22)34-18-10-6-9-13-21-11-7-5-8-12-21/h5,7-8,11-12,14-17,19,32H,6,9-10,13,18,20H2,1-4H3,(H,29,30)(H,31,33)/t28-/m0/s1. The highest BCUT2D eigenvalue weighted by molar-refractivity contribution is 5.69. The molecule has 0 radical (unpaired) electrons. The lowest BCUT2D eigenvalue weighted by Crippen LogP contribution is -2.48. The lowest BCUT2D eigenvalue weighted by atomic mass is 10.0. The molecule has 1 atom stereocenters. The maximum atomic E-state index is 12.2. The second-order valence-electron chi connectivity index (χ2n) is 9.93. The van der Waals surface area contributed by atoms with Gasteiger partial charge >= 0.3 is 6.09 Å². The predicted octanol–water partition coefficient (Wildman–Crippen LogP) is 5.60. The smallest absolute Gasteiger partial charge is 0.408 e. The van der Waals surface area contributed by atoms with Crippen molar-refractivity contribution in [2.24, 2.45) is 0 Å². The van der Waals surface area contributed by atoms with Crippen LogP contribution < -0.4 is 10.1 Å². The van der Waals surface area contributed by atoms with E-state index in [0.717, 1.165) is 42.7 Å². The van der Waals surface area contributed by atoms with E-state index >= 15 is 0 Å². The number of alkyl carbamates (subject to hydrolysis) is 1. The Bertz CT molecular complexity index is 1060. The number of nitrogens with zero attached hydrogens (tertiary/aromatic N) is 1. The predicted molar refractivity (Wildman–Crippen MR) is 137 cm³/mol. The van der Waals surface area contributed by atoms with E-state index in [4.69, 9.17) is 9.47 Å². The minimum absolute atomic E-state index is 0.336. The molecular formula is C28H37N3O4. The number of amides is 1. The number of aliphatic hydroxyl groups is 1. The second-order valence-corrected chi connectivity index (χ2v) is 9.93. The number of hydrogen-bond acceptors (Lipinski definition) is 5. The summed E-state index contributed by atoms with van der Waals surface area (Å²) in [5.41, 5.74) is 1.34. The number of aromatic amines is 1. The number of imidazole rings is 1. The second kappa shape index (κ2) is 11.9. The monoisotopic (exact) mass is 479 g/mol. The van der Waals surface area contributed by atoms with Gasteiger partial charge in [0.05, 0.1) is 25.1 Å². The van der Waals surface area contributed by atoms with Crippen molar-refractivity contribution in [3.8, 4) is 17.0 Å².